The fraction of sp³-hybridized carbons (Fsp3) is 0.500. The number of carbonyl (C=O) groups excluding carboxylic acids is 2. The minimum atomic E-state index is -1.80. The van der Waals surface area contributed by atoms with Crippen molar-refractivity contribution in [1.82, 2.24) is 0 Å². The smallest absolute Gasteiger partial charge is 0.311 e. The van der Waals surface area contributed by atoms with E-state index in [1.54, 1.807) is 0 Å². The standard InChI is InChI=1S/C8H10O6/c9-3-1-8(2-4-10,7(13)14)5-6(11)12/h3-4H,1-2,5H2,(H,11,12)(H,13,14). The van der Waals surface area contributed by atoms with E-state index in [1.807, 2.05) is 0 Å². The van der Waals surface area contributed by atoms with Crippen LogP contribution in [0.5, 0.6) is 0 Å². The van der Waals surface area contributed by atoms with Gasteiger partial charge in [0.1, 0.15) is 12.6 Å². The van der Waals surface area contributed by atoms with Crippen LogP contribution < -0.4 is 0 Å². The second kappa shape index (κ2) is 5.11. The Morgan fingerprint density at radius 3 is 1.71 bits per heavy atom. The average molecular weight is 202 g/mol. The molecule has 2 N–H and O–H groups in total. The van der Waals surface area contributed by atoms with E-state index in [0.717, 1.165) is 0 Å². The highest BCUT2D eigenvalue weighted by Crippen LogP contribution is 2.29. The zero-order valence-electron chi connectivity index (χ0n) is 7.30. The van der Waals surface area contributed by atoms with Crippen molar-refractivity contribution in [2.24, 2.45) is 5.41 Å². The number of carboxylic acids is 2. The van der Waals surface area contributed by atoms with E-state index in [4.69, 9.17) is 10.2 Å². The number of carbonyl (C=O) groups is 4. The lowest BCUT2D eigenvalue weighted by molar-refractivity contribution is -0.157. The van der Waals surface area contributed by atoms with Crippen LogP contribution in [-0.4, -0.2) is 34.7 Å². The first kappa shape index (κ1) is 12.3. The third-order valence-electron chi connectivity index (χ3n) is 1.89. The molecule has 6 heteroatoms. The normalized spacial score (nSPS) is 10.6. The quantitative estimate of drug-likeness (QED) is 0.549. The van der Waals surface area contributed by atoms with Crippen LogP contribution in [0.15, 0.2) is 0 Å². The molecular weight excluding hydrogens is 192 g/mol. The number of rotatable bonds is 7. The molecule has 0 saturated carbocycles. The molecule has 0 aliphatic heterocycles. The van der Waals surface area contributed by atoms with Crippen LogP contribution >= 0.6 is 0 Å². The Morgan fingerprint density at radius 1 is 1.07 bits per heavy atom. The van der Waals surface area contributed by atoms with Gasteiger partial charge >= 0.3 is 11.9 Å². The van der Waals surface area contributed by atoms with Crippen LogP contribution in [0, 0.1) is 5.41 Å². The summed E-state index contributed by atoms with van der Waals surface area (Å²) in [6.07, 6.45) is -1.08. The summed E-state index contributed by atoms with van der Waals surface area (Å²) in [7, 11) is 0. The van der Waals surface area contributed by atoms with Crippen molar-refractivity contribution < 1.29 is 29.4 Å². The highest BCUT2D eigenvalue weighted by molar-refractivity contribution is 5.86. The second-order valence-corrected chi connectivity index (χ2v) is 2.90. The Balaban J connectivity index is 4.90. The lowest BCUT2D eigenvalue weighted by atomic mass is 9.79. The van der Waals surface area contributed by atoms with Gasteiger partial charge in [0.05, 0.1) is 11.8 Å². The van der Waals surface area contributed by atoms with E-state index < -0.39 is 36.6 Å². The Morgan fingerprint density at radius 2 is 1.50 bits per heavy atom. The summed E-state index contributed by atoms with van der Waals surface area (Å²) in [6.45, 7) is 0. The van der Waals surface area contributed by atoms with Crippen LogP contribution in [0.4, 0.5) is 0 Å². The first-order valence-electron chi connectivity index (χ1n) is 3.81. The number of hydrogen-bond acceptors (Lipinski definition) is 4. The number of carboxylic acid groups (broad SMARTS) is 2. The Bertz CT molecular complexity index is 247. The van der Waals surface area contributed by atoms with Crippen molar-refractivity contribution in [1.29, 1.82) is 0 Å². The van der Waals surface area contributed by atoms with Gasteiger partial charge in [-0.25, -0.2) is 0 Å². The number of aldehydes is 2. The van der Waals surface area contributed by atoms with Gasteiger partial charge in [0, 0.05) is 12.8 Å². The highest BCUT2D eigenvalue weighted by atomic mass is 16.4. The predicted octanol–water partition coefficient (Wildman–Crippen LogP) is -0.290. The van der Waals surface area contributed by atoms with Crippen molar-refractivity contribution >= 4 is 24.5 Å². The SMILES string of the molecule is O=CCC(CC=O)(CC(=O)O)C(=O)O. The molecular formula is C8H10O6. The van der Waals surface area contributed by atoms with E-state index in [2.05, 4.69) is 0 Å². The third-order valence-corrected chi connectivity index (χ3v) is 1.89. The summed E-state index contributed by atoms with van der Waals surface area (Å²) in [5.74, 6) is -2.80. The summed E-state index contributed by atoms with van der Waals surface area (Å²) in [5, 5.41) is 17.2. The highest BCUT2D eigenvalue weighted by Gasteiger charge is 2.40. The molecule has 0 fully saturated rings. The molecule has 0 aliphatic carbocycles. The first-order chi connectivity index (χ1) is 6.48. The zero-order chi connectivity index (χ0) is 11.2. The molecule has 0 aromatic rings. The summed E-state index contributed by atoms with van der Waals surface area (Å²) < 4.78 is 0. The maximum atomic E-state index is 10.8. The van der Waals surface area contributed by atoms with Crippen molar-refractivity contribution in [3.05, 3.63) is 0 Å². The largest absolute Gasteiger partial charge is 0.481 e. The van der Waals surface area contributed by atoms with Gasteiger partial charge in [0.2, 0.25) is 0 Å². The maximum Gasteiger partial charge on any atom is 0.311 e. The number of hydrogen-bond donors (Lipinski definition) is 2. The molecule has 78 valence electrons. The molecule has 0 spiro atoms. The fourth-order valence-electron chi connectivity index (χ4n) is 1.09. The minimum Gasteiger partial charge on any atom is -0.481 e. The topological polar surface area (TPSA) is 109 Å². The van der Waals surface area contributed by atoms with Gasteiger partial charge in [-0.2, -0.15) is 0 Å². The molecule has 0 radical (unpaired) electrons. The summed E-state index contributed by atoms with van der Waals surface area (Å²) in [5.41, 5.74) is -1.80. The third kappa shape index (κ3) is 2.96. The molecule has 0 aliphatic rings. The van der Waals surface area contributed by atoms with E-state index >= 15 is 0 Å². The molecule has 0 aromatic carbocycles. The first-order valence-corrected chi connectivity index (χ1v) is 3.81. The van der Waals surface area contributed by atoms with Crippen LogP contribution in [0.3, 0.4) is 0 Å². The van der Waals surface area contributed by atoms with Crippen LogP contribution in [0.25, 0.3) is 0 Å². The van der Waals surface area contributed by atoms with Crippen LogP contribution in [-0.2, 0) is 19.2 Å². The minimum absolute atomic E-state index is 0.306. The van der Waals surface area contributed by atoms with Gasteiger partial charge in [0.25, 0.3) is 0 Å². The molecule has 0 aromatic heterocycles. The van der Waals surface area contributed by atoms with Crippen molar-refractivity contribution in [3.8, 4) is 0 Å². The fourth-order valence-corrected chi connectivity index (χ4v) is 1.09. The van der Waals surface area contributed by atoms with Gasteiger partial charge in [0.15, 0.2) is 0 Å². The second-order valence-electron chi connectivity index (χ2n) is 2.90. The van der Waals surface area contributed by atoms with Gasteiger partial charge in [-0.15, -0.1) is 0 Å². The van der Waals surface area contributed by atoms with Gasteiger partial charge in [-0.05, 0) is 0 Å². The molecule has 0 heterocycles. The molecule has 0 saturated heterocycles. The molecule has 14 heavy (non-hydrogen) atoms. The summed E-state index contributed by atoms with van der Waals surface area (Å²) in [6, 6.07) is 0. The Hall–Kier alpha value is -1.72. The Kier molecular flexibility index (Phi) is 4.48. The average Bonchev–Trinajstić information content (AvgIpc) is 2.03. The van der Waals surface area contributed by atoms with Gasteiger partial charge in [-0.1, -0.05) is 0 Å². The zero-order valence-corrected chi connectivity index (χ0v) is 7.30. The predicted molar refractivity (Wildman–Crippen MR) is 43.7 cm³/mol. The summed E-state index contributed by atoms with van der Waals surface area (Å²) in [4.78, 5) is 41.5. The lowest BCUT2D eigenvalue weighted by Crippen LogP contribution is -2.34. The molecule has 0 bridgehead atoms. The van der Waals surface area contributed by atoms with Gasteiger partial charge < -0.3 is 19.8 Å². The van der Waals surface area contributed by atoms with E-state index in [0.29, 0.717) is 12.6 Å². The van der Waals surface area contributed by atoms with Crippen LogP contribution in [0.1, 0.15) is 19.3 Å². The molecule has 0 unspecified atom stereocenters. The maximum absolute atomic E-state index is 10.8. The van der Waals surface area contributed by atoms with E-state index in [-0.39, 0.29) is 0 Å². The molecule has 0 amide bonds. The molecule has 0 atom stereocenters. The Labute approximate surface area is 79.5 Å². The monoisotopic (exact) mass is 202 g/mol. The van der Waals surface area contributed by atoms with Crippen molar-refractivity contribution in [3.63, 3.8) is 0 Å². The van der Waals surface area contributed by atoms with Crippen LogP contribution in [0.2, 0.25) is 0 Å². The molecule has 0 rings (SSSR count). The van der Waals surface area contributed by atoms with E-state index in [9.17, 15) is 19.2 Å². The van der Waals surface area contributed by atoms with E-state index in [1.165, 1.54) is 0 Å². The number of aliphatic carboxylic acids is 2. The summed E-state index contributed by atoms with van der Waals surface area (Å²) >= 11 is 0. The van der Waals surface area contributed by atoms with Crippen molar-refractivity contribution in [2.75, 3.05) is 0 Å². The lowest BCUT2D eigenvalue weighted by Gasteiger charge is -2.22. The van der Waals surface area contributed by atoms with Crippen molar-refractivity contribution in [2.45, 2.75) is 19.3 Å². The molecule has 6 nitrogen and oxygen atoms in total. The van der Waals surface area contributed by atoms with Gasteiger partial charge in [-0.3, -0.25) is 9.59 Å².